The first-order valence-corrected chi connectivity index (χ1v) is 6.89. The zero-order valence-electron chi connectivity index (χ0n) is 11.7. The molecule has 2 nitrogen and oxygen atoms in total. The number of ether oxygens (including phenoxy) is 1. The Morgan fingerprint density at radius 1 is 0.944 bits per heavy atom. The van der Waals surface area contributed by atoms with Gasteiger partial charge in [0.1, 0.15) is 0 Å². The lowest BCUT2D eigenvalue weighted by Gasteiger charge is -1.93. The second-order valence-electron chi connectivity index (χ2n) is 4.23. The molecule has 0 aromatic heterocycles. The molecule has 2 heteroatoms. The minimum Gasteiger partial charge on any atom is -0.435 e. The highest BCUT2D eigenvalue weighted by molar-refractivity contribution is 5.66. The molecule has 0 aromatic carbocycles. The zero-order chi connectivity index (χ0) is 13.5. The predicted molar refractivity (Wildman–Crippen MR) is 77.2 cm³/mol. The molecule has 0 unspecified atom stereocenters. The van der Waals surface area contributed by atoms with Gasteiger partial charge >= 0.3 is 5.97 Å². The molecular formula is C16H26O2. The molecule has 0 bridgehead atoms. The van der Waals surface area contributed by atoms with E-state index in [-0.39, 0.29) is 5.97 Å². The number of hydrogen-bond acceptors (Lipinski definition) is 2. The molecule has 0 heterocycles. The predicted octanol–water partition coefficient (Wildman–Crippen LogP) is 4.93. The van der Waals surface area contributed by atoms with Crippen molar-refractivity contribution in [1.29, 1.82) is 0 Å². The van der Waals surface area contributed by atoms with E-state index in [0.29, 0.717) is 0 Å². The van der Waals surface area contributed by atoms with E-state index in [0.717, 1.165) is 12.8 Å². The zero-order valence-corrected chi connectivity index (χ0v) is 11.7. The third-order valence-electron chi connectivity index (χ3n) is 2.38. The Bertz CT molecular complexity index is 275. The van der Waals surface area contributed by atoms with Crippen molar-refractivity contribution in [3.63, 3.8) is 0 Å². The number of hydrogen-bond donors (Lipinski definition) is 0. The van der Waals surface area contributed by atoms with Crippen LogP contribution in [0.3, 0.4) is 0 Å². The molecule has 18 heavy (non-hydrogen) atoms. The van der Waals surface area contributed by atoms with Crippen LogP contribution in [-0.4, -0.2) is 5.97 Å². The second-order valence-corrected chi connectivity index (χ2v) is 4.23. The van der Waals surface area contributed by atoms with Gasteiger partial charge in [0.15, 0.2) is 0 Å². The minimum atomic E-state index is -0.272. The van der Waals surface area contributed by atoms with Crippen LogP contribution in [0.25, 0.3) is 0 Å². The number of carbonyl (C=O) groups excluding carboxylic acids is 1. The Balaban J connectivity index is 3.28. The van der Waals surface area contributed by atoms with Crippen molar-refractivity contribution in [2.75, 3.05) is 0 Å². The van der Waals surface area contributed by atoms with Crippen LogP contribution in [0, 0.1) is 0 Å². The molecule has 0 aromatic rings. The Labute approximate surface area is 111 Å². The quantitative estimate of drug-likeness (QED) is 0.238. The monoisotopic (exact) mass is 250 g/mol. The lowest BCUT2D eigenvalue weighted by Crippen LogP contribution is -1.88. The van der Waals surface area contributed by atoms with Gasteiger partial charge in [0.2, 0.25) is 0 Å². The Morgan fingerprint density at radius 2 is 1.56 bits per heavy atom. The number of unbranched alkanes of at least 4 members (excludes halogenated alkanes) is 4. The summed E-state index contributed by atoms with van der Waals surface area (Å²) in [6, 6.07) is 0. The van der Waals surface area contributed by atoms with Crippen LogP contribution in [-0.2, 0) is 9.53 Å². The Hall–Kier alpha value is -1.31. The van der Waals surface area contributed by atoms with Gasteiger partial charge in [-0.1, -0.05) is 37.6 Å². The van der Waals surface area contributed by atoms with Crippen LogP contribution in [0.2, 0.25) is 0 Å². The summed E-state index contributed by atoms with van der Waals surface area (Å²) in [5.41, 5.74) is 0. The highest BCUT2D eigenvalue weighted by atomic mass is 16.5. The van der Waals surface area contributed by atoms with Crippen molar-refractivity contribution in [2.24, 2.45) is 0 Å². The fourth-order valence-corrected chi connectivity index (χ4v) is 1.42. The molecule has 0 radical (unpaired) electrons. The van der Waals surface area contributed by atoms with Crippen molar-refractivity contribution in [2.45, 2.75) is 58.8 Å². The third-order valence-corrected chi connectivity index (χ3v) is 2.38. The molecule has 0 saturated heterocycles. The molecule has 102 valence electrons. The van der Waals surface area contributed by atoms with Crippen molar-refractivity contribution in [3.05, 3.63) is 36.6 Å². The summed E-state index contributed by atoms with van der Waals surface area (Å²) in [6.07, 6.45) is 20.2. The number of allylic oxidation sites excluding steroid dienone is 5. The molecule has 0 fully saturated rings. The standard InChI is InChI=1S/C16H26O2/c1-3-4-5-6-7-8-9-10-11-12-13-14-15-18-16(2)17/h5-6,11-12,14-15H,3-4,7-10,13H2,1-2H3/b6-5?,12-11-,15-14+. The van der Waals surface area contributed by atoms with Gasteiger partial charge in [-0.05, 0) is 44.6 Å². The van der Waals surface area contributed by atoms with Gasteiger partial charge in [-0.15, -0.1) is 0 Å². The molecule has 0 rings (SSSR count). The van der Waals surface area contributed by atoms with Crippen LogP contribution in [0.4, 0.5) is 0 Å². The van der Waals surface area contributed by atoms with Crippen molar-refractivity contribution < 1.29 is 9.53 Å². The number of esters is 1. The molecule has 0 aliphatic heterocycles. The van der Waals surface area contributed by atoms with E-state index in [4.69, 9.17) is 0 Å². The average molecular weight is 250 g/mol. The molecule has 0 aliphatic rings. The first-order valence-electron chi connectivity index (χ1n) is 6.89. The van der Waals surface area contributed by atoms with Gasteiger partial charge in [-0.3, -0.25) is 4.79 Å². The summed E-state index contributed by atoms with van der Waals surface area (Å²) in [7, 11) is 0. The molecule has 0 atom stereocenters. The number of carbonyl (C=O) groups is 1. The fraction of sp³-hybridized carbons (Fsp3) is 0.562. The van der Waals surface area contributed by atoms with Crippen LogP contribution < -0.4 is 0 Å². The van der Waals surface area contributed by atoms with E-state index < -0.39 is 0 Å². The molecule has 0 aliphatic carbocycles. The van der Waals surface area contributed by atoms with E-state index >= 15 is 0 Å². The van der Waals surface area contributed by atoms with Crippen LogP contribution in [0.1, 0.15) is 58.8 Å². The van der Waals surface area contributed by atoms with E-state index in [1.165, 1.54) is 45.3 Å². The maximum atomic E-state index is 10.4. The Morgan fingerprint density at radius 3 is 2.17 bits per heavy atom. The average Bonchev–Trinajstić information content (AvgIpc) is 2.34. The summed E-state index contributed by atoms with van der Waals surface area (Å²) in [5.74, 6) is -0.272. The summed E-state index contributed by atoms with van der Waals surface area (Å²) in [5, 5.41) is 0. The van der Waals surface area contributed by atoms with Crippen LogP contribution in [0.15, 0.2) is 36.6 Å². The third kappa shape index (κ3) is 14.7. The molecular weight excluding hydrogens is 224 g/mol. The fourth-order valence-electron chi connectivity index (χ4n) is 1.42. The van der Waals surface area contributed by atoms with Crippen molar-refractivity contribution in [3.8, 4) is 0 Å². The van der Waals surface area contributed by atoms with Gasteiger partial charge in [-0.25, -0.2) is 0 Å². The van der Waals surface area contributed by atoms with E-state index in [2.05, 4.69) is 36.0 Å². The van der Waals surface area contributed by atoms with E-state index in [9.17, 15) is 4.79 Å². The molecule has 0 N–H and O–H groups in total. The summed E-state index contributed by atoms with van der Waals surface area (Å²) < 4.78 is 4.67. The lowest BCUT2D eigenvalue weighted by molar-refractivity contribution is -0.135. The minimum absolute atomic E-state index is 0.272. The lowest BCUT2D eigenvalue weighted by atomic mass is 10.1. The molecule has 0 spiro atoms. The van der Waals surface area contributed by atoms with Crippen LogP contribution in [0.5, 0.6) is 0 Å². The molecule has 0 amide bonds. The van der Waals surface area contributed by atoms with Gasteiger partial charge in [0.05, 0.1) is 6.26 Å². The maximum Gasteiger partial charge on any atom is 0.307 e. The summed E-state index contributed by atoms with van der Waals surface area (Å²) in [4.78, 5) is 10.4. The SMILES string of the molecule is CCCC=CCCCC/C=C\C/C=C/OC(C)=O. The maximum absolute atomic E-state index is 10.4. The molecule has 0 saturated carbocycles. The second kappa shape index (κ2) is 13.8. The van der Waals surface area contributed by atoms with E-state index in [1.54, 1.807) is 0 Å². The first kappa shape index (κ1) is 16.7. The largest absolute Gasteiger partial charge is 0.435 e. The van der Waals surface area contributed by atoms with Crippen molar-refractivity contribution >= 4 is 5.97 Å². The summed E-state index contributed by atoms with van der Waals surface area (Å²) in [6.45, 7) is 3.60. The van der Waals surface area contributed by atoms with E-state index in [1.807, 2.05) is 6.08 Å². The normalized spacial score (nSPS) is 11.9. The number of rotatable bonds is 10. The first-order chi connectivity index (χ1) is 8.77. The van der Waals surface area contributed by atoms with Gasteiger partial charge in [0.25, 0.3) is 0 Å². The highest BCUT2D eigenvalue weighted by Gasteiger charge is 1.84. The highest BCUT2D eigenvalue weighted by Crippen LogP contribution is 2.03. The topological polar surface area (TPSA) is 26.3 Å². The van der Waals surface area contributed by atoms with Gasteiger partial charge in [-0.2, -0.15) is 0 Å². The van der Waals surface area contributed by atoms with Gasteiger partial charge in [0, 0.05) is 6.92 Å². The smallest absolute Gasteiger partial charge is 0.307 e. The van der Waals surface area contributed by atoms with Crippen LogP contribution >= 0.6 is 0 Å². The van der Waals surface area contributed by atoms with Crippen molar-refractivity contribution in [1.82, 2.24) is 0 Å². The summed E-state index contributed by atoms with van der Waals surface area (Å²) >= 11 is 0. The van der Waals surface area contributed by atoms with Gasteiger partial charge < -0.3 is 4.74 Å². The Kier molecular flexibility index (Phi) is 12.8.